The molecule has 0 spiro atoms. The number of rotatable bonds is 9. The van der Waals surface area contributed by atoms with E-state index in [0.717, 1.165) is 29.6 Å². The number of nitrogens with one attached hydrogen (secondary N) is 2. The Morgan fingerprint density at radius 2 is 1.78 bits per heavy atom. The van der Waals surface area contributed by atoms with Gasteiger partial charge in [-0.2, -0.15) is 0 Å². The molecule has 0 fully saturated rings. The van der Waals surface area contributed by atoms with E-state index in [-0.39, 0.29) is 12.4 Å². The van der Waals surface area contributed by atoms with Crippen molar-refractivity contribution < 1.29 is 8.42 Å². The molecule has 0 aliphatic carbocycles. The van der Waals surface area contributed by atoms with Crippen molar-refractivity contribution >= 4 is 28.1 Å². The first kappa shape index (κ1) is 23.2. The standard InChI is InChI=1S/C21H28N2O2S.ClH/c1-5-26(24,25)23-20-9-7-19(8-10-20)21-11-6-18(14-17(21)4)15-22-13-12-16(2)3;/h5-11,14,16,22-23H,1,12-13,15H2,2-4H3;1H. The van der Waals surface area contributed by atoms with Gasteiger partial charge in [-0.1, -0.05) is 50.8 Å². The molecule has 2 rings (SSSR count). The molecule has 0 heterocycles. The summed E-state index contributed by atoms with van der Waals surface area (Å²) >= 11 is 0. The van der Waals surface area contributed by atoms with Crippen LogP contribution in [0.2, 0.25) is 0 Å². The Hall–Kier alpha value is -1.82. The number of sulfonamides is 1. The maximum Gasteiger partial charge on any atom is 0.254 e. The van der Waals surface area contributed by atoms with Crippen LogP contribution in [-0.4, -0.2) is 15.0 Å². The van der Waals surface area contributed by atoms with Crippen LogP contribution < -0.4 is 10.0 Å². The first-order chi connectivity index (χ1) is 12.3. The first-order valence-corrected chi connectivity index (χ1v) is 10.4. The summed E-state index contributed by atoms with van der Waals surface area (Å²) in [4.78, 5) is 0. The van der Waals surface area contributed by atoms with Crippen molar-refractivity contribution in [1.82, 2.24) is 5.32 Å². The molecule has 6 heteroatoms. The highest BCUT2D eigenvalue weighted by molar-refractivity contribution is 7.95. The van der Waals surface area contributed by atoms with Crippen molar-refractivity contribution in [3.05, 3.63) is 65.6 Å². The zero-order valence-corrected chi connectivity index (χ0v) is 17.8. The van der Waals surface area contributed by atoms with E-state index >= 15 is 0 Å². The van der Waals surface area contributed by atoms with E-state index in [0.29, 0.717) is 11.6 Å². The third kappa shape index (κ3) is 7.37. The molecule has 148 valence electrons. The Bertz CT molecular complexity index is 847. The summed E-state index contributed by atoms with van der Waals surface area (Å²) in [6.07, 6.45) is 1.18. The van der Waals surface area contributed by atoms with Crippen LogP contribution in [0.4, 0.5) is 5.69 Å². The van der Waals surface area contributed by atoms with Crippen molar-refractivity contribution in [3.63, 3.8) is 0 Å². The number of aryl methyl sites for hydroxylation is 1. The minimum atomic E-state index is -3.47. The Morgan fingerprint density at radius 3 is 2.33 bits per heavy atom. The lowest BCUT2D eigenvalue weighted by Crippen LogP contribution is -2.16. The van der Waals surface area contributed by atoms with Crippen LogP contribution in [0, 0.1) is 12.8 Å². The van der Waals surface area contributed by atoms with Crippen LogP contribution in [0.15, 0.2) is 54.5 Å². The first-order valence-electron chi connectivity index (χ1n) is 8.86. The summed E-state index contributed by atoms with van der Waals surface area (Å²) in [5.74, 6) is 0.713. The van der Waals surface area contributed by atoms with E-state index in [9.17, 15) is 8.42 Å². The Labute approximate surface area is 169 Å². The second kappa shape index (κ2) is 10.5. The molecular weight excluding hydrogens is 380 g/mol. The van der Waals surface area contributed by atoms with Crippen LogP contribution in [0.5, 0.6) is 0 Å². The molecule has 0 saturated carbocycles. The molecule has 0 atom stereocenters. The van der Waals surface area contributed by atoms with E-state index in [1.54, 1.807) is 12.1 Å². The fraction of sp³-hybridized carbons (Fsp3) is 0.333. The van der Waals surface area contributed by atoms with Gasteiger partial charge in [0.25, 0.3) is 10.0 Å². The lowest BCUT2D eigenvalue weighted by atomic mass is 9.98. The molecule has 0 amide bonds. The van der Waals surface area contributed by atoms with E-state index in [2.05, 4.69) is 55.6 Å². The topological polar surface area (TPSA) is 58.2 Å². The van der Waals surface area contributed by atoms with Gasteiger partial charge in [0.2, 0.25) is 0 Å². The smallest absolute Gasteiger partial charge is 0.254 e. The van der Waals surface area contributed by atoms with Crippen LogP contribution in [0.1, 0.15) is 31.4 Å². The summed E-state index contributed by atoms with van der Waals surface area (Å²) < 4.78 is 25.5. The lowest BCUT2D eigenvalue weighted by molar-refractivity contribution is 0.537. The van der Waals surface area contributed by atoms with Crippen LogP contribution >= 0.6 is 12.4 Å². The monoisotopic (exact) mass is 408 g/mol. The van der Waals surface area contributed by atoms with Gasteiger partial charge in [-0.15, -0.1) is 12.4 Å². The molecular formula is C21H29ClN2O2S. The van der Waals surface area contributed by atoms with Crippen molar-refractivity contribution in [2.24, 2.45) is 5.92 Å². The Balaban J connectivity index is 0.00000364. The van der Waals surface area contributed by atoms with Gasteiger partial charge in [-0.05, 0) is 60.2 Å². The molecule has 2 aromatic carbocycles. The average molecular weight is 409 g/mol. The molecule has 0 aliphatic rings. The molecule has 2 aromatic rings. The van der Waals surface area contributed by atoms with E-state index < -0.39 is 10.0 Å². The largest absolute Gasteiger partial charge is 0.313 e. The number of anilines is 1. The lowest BCUT2D eigenvalue weighted by Gasteiger charge is -2.11. The molecule has 0 aromatic heterocycles. The minimum Gasteiger partial charge on any atom is -0.313 e. The van der Waals surface area contributed by atoms with Crippen molar-refractivity contribution in [1.29, 1.82) is 0 Å². The maximum atomic E-state index is 11.5. The van der Waals surface area contributed by atoms with Gasteiger partial charge in [-0.25, -0.2) is 8.42 Å². The van der Waals surface area contributed by atoms with Gasteiger partial charge in [0.15, 0.2) is 0 Å². The van der Waals surface area contributed by atoms with E-state index in [1.807, 2.05) is 12.1 Å². The maximum absolute atomic E-state index is 11.5. The third-order valence-electron chi connectivity index (χ3n) is 4.19. The summed E-state index contributed by atoms with van der Waals surface area (Å²) in [6.45, 7) is 11.8. The van der Waals surface area contributed by atoms with Crippen LogP contribution in [0.25, 0.3) is 11.1 Å². The molecule has 0 radical (unpaired) electrons. The van der Waals surface area contributed by atoms with Gasteiger partial charge in [0.1, 0.15) is 0 Å². The van der Waals surface area contributed by atoms with Crippen molar-refractivity contribution in [3.8, 4) is 11.1 Å². The van der Waals surface area contributed by atoms with Crippen molar-refractivity contribution in [2.75, 3.05) is 11.3 Å². The molecule has 4 nitrogen and oxygen atoms in total. The fourth-order valence-corrected chi connectivity index (χ4v) is 3.25. The molecule has 0 bridgehead atoms. The Kier molecular flexibility index (Phi) is 9.03. The van der Waals surface area contributed by atoms with E-state index in [1.165, 1.54) is 17.5 Å². The summed E-state index contributed by atoms with van der Waals surface area (Å²) in [6, 6.07) is 13.8. The van der Waals surface area contributed by atoms with Gasteiger partial charge in [0.05, 0.1) is 0 Å². The Morgan fingerprint density at radius 1 is 1.11 bits per heavy atom. The zero-order chi connectivity index (χ0) is 19.2. The highest BCUT2D eigenvalue weighted by atomic mass is 35.5. The molecule has 2 N–H and O–H groups in total. The second-order valence-corrected chi connectivity index (χ2v) is 8.53. The van der Waals surface area contributed by atoms with Gasteiger partial charge >= 0.3 is 0 Å². The van der Waals surface area contributed by atoms with Gasteiger partial charge in [-0.3, -0.25) is 4.72 Å². The minimum absolute atomic E-state index is 0. The summed E-state index contributed by atoms with van der Waals surface area (Å²) in [5, 5.41) is 4.38. The molecule has 0 unspecified atom stereocenters. The normalized spacial score (nSPS) is 11.1. The van der Waals surface area contributed by atoms with Crippen LogP contribution in [-0.2, 0) is 16.6 Å². The van der Waals surface area contributed by atoms with Gasteiger partial charge in [0, 0.05) is 17.6 Å². The highest BCUT2D eigenvalue weighted by Crippen LogP contribution is 2.26. The number of hydrogen-bond acceptors (Lipinski definition) is 3. The second-order valence-electron chi connectivity index (χ2n) is 6.90. The predicted octanol–water partition coefficient (Wildman–Crippen LogP) is 5.10. The zero-order valence-electron chi connectivity index (χ0n) is 16.2. The summed E-state index contributed by atoms with van der Waals surface area (Å²) in [7, 11) is -3.47. The quantitative estimate of drug-likeness (QED) is 0.567. The van der Waals surface area contributed by atoms with Crippen molar-refractivity contribution in [2.45, 2.75) is 33.7 Å². The SMILES string of the molecule is C=CS(=O)(=O)Nc1ccc(-c2ccc(CNCCC(C)C)cc2C)cc1.Cl. The summed E-state index contributed by atoms with van der Waals surface area (Å²) in [5.41, 5.74) is 5.20. The van der Waals surface area contributed by atoms with Crippen LogP contribution in [0.3, 0.4) is 0 Å². The highest BCUT2D eigenvalue weighted by Gasteiger charge is 2.07. The number of benzene rings is 2. The molecule has 0 saturated heterocycles. The predicted molar refractivity (Wildman–Crippen MR) is 118 cm³/mol. The number of hydrogen-bond donors (Lipinski definition) is 2. The van der Waals surface area contributed by atoms with Gasteiger partial charge < -0.3 is 5.32 Å². The molecule has 27 heavy (non-hydrogen) atoms. The fourth-order valence-electron chi connectivity index (χ4n) is 2.71. The third-order valence-corrected chi connectivity index (χ3v) is 5.15. The average Bonchev–Trinajstić information content (AvgIpc) is 2.59. The number of halogens is 1. The molecule has 0 aliphatic heterocycles. The van der Waals surface area contributed by atoms with E-state index in [4.69, 9.17) is 0 Å².